The first kappa shape index (κ1) is 13.5. The molecular weight excluding hydrogens is 244 g/mol. The lowest BCUT2D eigenvalue weighted by atomic mass is 10.1. The molecule has 1 aromatic rings. The van der Waals surface area contributed by atoms with E-state index < -0.39 is 5.97 Å². The Labute approximate surface area is 112 Å². The van der Waals surface area contributed by atoms with Crippen LogP contribution >= 0.6 is 0 Å². The van der Waals surface area contributed by atoms with Crippen LogP contribution in [0.4, 0.5) is 5.82 Å². The van der Waals surface area contributed by atoms with Gasteiger partial charge in [-0.15, -0.1) is 0 Å². The van der Waals surface area contributed by atoms with Crippen molar-refractivity contribution in [2.75, 3.05) is 11.4 Å². The molecule has 1 aromatic heterocycles. The molecule has 0 bridgehead atoms. The zero-order valence-corrected chi connectivity index (χ0v) is 11.0. The number of carboxylic acids is 1. The van der Waals surface area contributed by atoms with E-state index in [-0.39, 0.29) is 17.4 Å². The lowest BCUT2D eigenvalue weighted by Crippen LogP contribution is -2.35. The summed E-state index contributed by atoms with van der Waals surface area (Å²) >= 11 is 0. The molecule has 0 radical (unpaired) electrons. The summed E-state index contributed by atoms with van der Waals surface area (Å²) in [5.41, 5.74) is 0.133. The summed E-state index contributed by atoms with van der Waals surface area (Å²) in [7, 11) is 0. The maximum atomic E-state index is 12.4. The summed E-state index contributed by atoms with van der Waals surface area (Å²) in [6.45, 7) is 2.45. The average Bonchev–Trinajstić information content (AvgIpc) is 2.94. The zero-order valence-electron chi connectivity index (χ0n) is 11.0. The number of rotatable bonds is 4. The molecule has 1 saturated carbocycles. The molecular formula is C14H18N2O3. The Morgan fingerprint density at radius 2 is 2.05 bits per heavy atom. The number of hydrogen-bond acceptors (Lipinski definition) is 3. The van der Waals surface area contributed by atoms with Crippen molar-refractivity contribution in [1.82, 2.24) is 4.98 Å². The predicted octanol–water partition coefficient (Wildman–Crippen LogP) is 2.32. The van der Waals surface area contributed by atoms with Gasteiger partial charge in [-0.3, -0.25) is 9.69 Å². The van der Waals surface area contributed by atoms with Gasteiger partial charge in [0.2, 0.25) is 5.91 Å². The van der Waals surface area contributed by atoms with Crippen LogP contribution in [-0.2, 0) is 4.79 Å². The number of anilines is 1. The van der Waals surface area contributed by atoms with Crippen molar-refractivity contribution in [1.29, 1.82) is 0 Å². The van der Waals surface area contributed by atoms with Crippen LogP contribution in [0.25, 0.3) is 0 Å². The summed E-state index contributed by atoms with van der Waals surface area (Å²) in [4.78, 5) is 28.9. The Kier molecular flexibility index (Phi) is 4.14. The van der Waals surface area contributed by atoms with E-state index in [0.717, 1.165) is 25.7 Å². The highest BCUT2D eigenvalue weighted by atomic mass is 16.4. The quantitative estimate of drug-likeness (QED) is 0.904. The fourth-order valence-corrected chi connectivity index (χ4v) is 2.50. The van der Waals surface area contributed by atoms with E-state index in [0.29, 0.717) is 12.4 Å². The van der Waals surface area contributed by atoms with Gasteiger partial charge in [-0.25, -0.2) is 9.78 Å². The van der Waals surface area contributed by atoms with E-state index in [2.05, 4.69) is 4.98 Å². The van der Waals surface area contributed by atoms with E-state index in [4.69, 9.17) is 5.11 Å². The molecule has 1 aliphatic carbocycles. The Balaban J connectivity index is 2.16. The smallest absolute Gasteiger partial charge is 0.337 e. The van der Waals surface area contributed by atoms with Gasteiger partial charge >= 0.3 is 5.97 Å². The monoisotopic (exact) mass is 262 g/mol. The minimum absolute atomic E-state index is 0.0981. The van der Waals surface area contributed by atoms with Crippen LogP contribution in [0, 0.1) is 5.92 Å². The lowest BCUT2D eigenvalue weighted by Gasteiger charge is -2.23. The maximum Gasteiger partial charge on any atom is 0.337 e. The van der Waals surface area contributed by atoms with Gasteiger partial charge in [-0.2, -0.15) is 0 Å². The number of carbonyl (C=O) groups is 2. The number of pyridine rings is 1. The van der Waals surface area contributed by atoms with Crippen molar-refractivity contribution in [3.8, 4) is 0 Å². The molecule has 5 heteroatoms. The van der Waals surface area contributed by atoms with Crippen LogP contribution in [0.2, 0.25) is 0 Å². The molecule has 0 saturated heterocycles. The number of aromatic nitrogens is 1. The predicted molar refractivity (Wildman–Crippen MR) is 71.2 cm³/mol. The van der Waals surface area contributed by atoms with Crippen molar-refractivity contribution in [2.24, 2.45) is 5.92 Å². The van der Waals surface area contributed by atoms with E-state index >= 15 is 0 Å². The van der Waals surface area contributed by atoms with Crippen molar-refractivity contribution >= 4 is 17.7 Å². The normalized spacial score (nSPS) is 15.4. The van der Waals surface area contributed by atoms with Crippen molar-refractivity contribution < 1.29 is 14.7 Å². The molecule has 0 atom stereocenters. The fourth-order valence-electron chi connectivity index (χ4n) is 2.50. The molecule has 0 unspecified atom stereocenters. The molecule has 0 spiro atoms. The number of amides is 1. The van der Waals surface area contributed by atoms with Crippen LogP contribution < -0.4 is 4.90 Å². The highest BCUT2D eigenvalue weighted by molar-refractivity contribution is 5.94. The fraction of sp³-hybridized carbons (Fsp3) is 0.500. The summed E-state index contributed by atoms with van der Waals surface area (Å²) in [5, 5.41) is 8.83. The van der Waals surface area contributed by atoms with Crippen molar-refractivity contribution in [3.05, 3.63) is 23.9 Å². The SMILES string of the molecule is CCN(C(=O)C1CCCC1)c1ccc(C(=O)O)cn1. The maximum absolute atomic E-state index is 12.4. The van der Waals surface area contributed by atoms with Gasteiger partial charge < -0.3 is 5.11 Å². The van der Waals surface area contributed by atoms with Crippen molar-refractivity contribution in [2.45, 2.75) is 32.6 Å². The Bertz CT molecular complexity index is 464. The number of carboxylic acid groups (broad SMARTS) is 1. The van der Waals surface area contributed by atoms with E-state index in [1.54, 1.807) is 11.0 Å². The van der Waals surface area contributed by atoms with Crippen LogP contribution in [0.5, 0.6) is 0 Å². The number of aromatic carboxylic acids is 1. The third-order valence-electron chi connectivity index (χ3n) is 3.56. The van der Waals surface area contributed by atoms with E-state index in [1.165, 1.54) is 12.3 Å². The first-order valence-corrected chi connectivity index (χ1v) is 6.64. The molecule has 19 heavy (non-hydrogen) atoms. The Morgan fingerprint density at radius 1 is 1.37 bits per heavy atom. The second kappa shape index (κ2) is 5.82. The first-order chi connectivity index (χ1) is 9.13. The van der Waals surface area contributed by atoms with Gasteiger partial charge in [-0.1, -0.05) is 12.8 Å². The van der Waals surface area contributed by atoms with Crippen LogP contribution in [-0.4, -0.2) is 28.5 Å². The third-order valence-corrected chi connectivity index (χ3v) is 3.56. The molecule has 102 valence electrons. The summed E-state index contributed by atoms with van der Waals surface area (Å²) in [5.74, 6) is -0.273. The number of carbonyl (C=O) groups excluding carboxylic acids is 1. The molecule has 1 N–H and O–H groups in total. The minimum Gasteiger partial charge on any atom is -0.478 e. The molecule has 1 amide bonds. The van der Waals surface area contributed by atoms with Crippen molar-refractivity contribution in [3.63, 3.8) is 0 Å². The van der Waals surface area contributed by atoms with Gasteiger partial charge in [0.1, 0.15) is 5.82 Å². The van der Waals surface area contributed by atoms with E-state index in [1.807, 2.05) is 6.92 Å². The van der Waals surface area contributed by atoms with Gasteiger partial charge in [0.25, 0.3) is 0 Å². The Hall–Kier alpha value is -1.91. The van der Waals surface area contributed by atoms with E-state index in [9.17, 15) is 9.59 Å². The van der Waals surface area contributed by atoms with Gasteiger partial charge in [-0.05, 0) is 31.9 Å². The zero-order chi connectivity index (χ0) is 13.8. The topological polar surface area (TPSA) is 70.5 Å². The second-order valence-electron chi connectivity index (χ2n) is 4.77. The summed E-state index contributed by atoms with van der Waals surface area (Å²) in [6, 6.07) is 3.08. The second-order valence-corrected chi connectivity index (χ2v) is 4.77. The molecule has 1 aliphatic rings. The molecule has 1 heterocycles. The number of hydrogen-bond donors (Lipinski definition) is 1. The van der Waals surface area contributed by atoms with Crippen LogP contribution in [0.1, 0.15) is 43.0 Å². The van der Waals surface area contributed by atoms with Gasteiger partial charge in [0.15, 0.2) is 0 Å². The third kappa shape index (κ3) is 2.92. The van der Waals surface area contributed by atoms with Crippen LogP contribution in [0.15, 0.2) is 18.3 Å². The lowest BCUT2D eigenvalue weighted by molar-refractivity contribution is -0.122. The molecule has 5 nitrogen and oxygen atoms in total. The van der Waals surface area contributed by atoms with Gasteiger partial charge in [0, 0.05) is 18.7 Å². The molecule has 2 rings (SSSR count). The summed E-state index contributed by atoms with van der Waals surface area (Å²) < 4.78 is 0. The highest BCUT2D eigenvalue weighted by Crippen LogP contribution is 2.28. The minimum atomic E-state index is -1.01. The molecule has 0 aliphatic heterocycles. The highest BCUT2D eigenvalue weighted by Gasteiger charge is 2.27. The molecule has 0 aromatic carbocycles. The summed E-state index contributed by atoms with van der Waals surface area (Å²) in [6.07, 6.45) is 5.41. The largest absolute Gasteiger partial charge is 0.478 e. The standard InChI is InChI=1S/C14H18N2O3/c1-2-16(13(17)10-5-3-4-6-10)12-8-7-11(9-15-12)14(18)19/h7-10H,2-6H2,1H3,(H,18,19). The Morgan fingerprint density at radius 3 is 2.53 bits per heavy atom. The van der Waals surface area contributed by atoms with Gasteiger partial charge in [0.05, 0.1) is 5.56 Å². The molecule has 1 fully saturated rings. The van der Waals surface area contributed by atoms with Crippen LogP contribution in [0.3, 0.4) is 0 Å². The average molecular weight is 262 g/mol. The number of nitrogens with zero attached hydrogens (tertiary/aromatic N) is 2. The first-order valence-electron chi connectivity index (χ1n) is 6.64.